The van der Waals surface area contributed by atoms with Gasteiger partial charge < -0.3 is 10.4 Å². The van der Waals surface area contributed by atoms with Gasteiger partial charge in [0, 0.05) is 18.6 Å². The number of hydrogen-bond donors (Lipinski definition) is 2. The summed E-state index contributed by atoms with van der Waals surface area (Å²) in [5, 5.41) is 11.6. The monoisotopic (exact) mass is 214 g/mol. The SMILES string of the molecule is CC(C)(C)N1CC(=O)NCC(C(=O)O)C1. The lowest BCUT2D eigenvalue weighted by Gasteiger charge is -2.34. The van der Waals surface area contributed by atoms with Gasteiger partial charge in [-0.25, -0.2) is 0 Å². The molecule has 0 spiro atoms. The summed E-state index contributed by atoms with van der Waals surface area (Å²) in [6.45, 7) is 6.84. The highest BCUT2D eigenvalue weighted by Gasteiger charge is 2.32. The topological polar surface area (TPSA) is 69.6 Å². The van der Waals surface area contributed by atoms with Crippen LogP contribution in [0.4, 0.5) is 0 Å². The minimum atomic E-state index is -0.855. The number of carboxylic acid groups (broad SMARTS) is 1. The summed E-state index contributed by atoms with van der Waals surface area (Å²) in [4.78, 5) is 24.2. The van der Waals surface area contributed by atoms with E-state index in [2.05, 4.69) is 5.32 Å². The van der Waals surface area contributed by atoms with Gasteiger partial charge in [0.2, 0.25) is 5.91 Å². The molecule has 1 amide bonds. The number of nitrogens with zero attached hydrogens (tertiary/aromatic N) is 1. The Labute approximate surface area is 89.4 Å². The first-order chi connectivity index (χ1) is 6.80. The summed E-state index contributed by atoms with van der Waals surface area (Å²) in [5.41, 5.74) is -0.185. The molecule has 1 fully saturated rings. The standard InChI is InChI=1S/C10H18N2O3/c1-10(2,3)12-5-7(9(14)15)4-11-8(13)6-12/h7H,4-6H2,1-3H3,(H,11,13)(H,14,15). The van der Waals surface area contributed by atoms with Crippen LogP contribution >= 0.6 is 0 Å². The highest BCUT2D eigenvalue weighted by Crippen LogP contribution is 2.16. The fraction of sp³-hybridized carbons (Fsp3) is 0.800. The van der Waals surface area contributed by atoms with Gasteiger partial charge in [-0.2, -0.15) is 0 Å². The Bertz CT molecular complexity index is 270. The molecule has 1 aliphatic rings. The molecule has 1 unspecified atom stereocenters. The highest BCUT2D eigenvalue weighted by molar-refractivity contribution is 5.80. The Hall–Kier alpha value is -1.10. The molecule has 1 atom stereocenters. The molecule has 0 saturated carbocycles. The van der Waals surface area contributed by atoms with Gasteiger partial charge in [-0.3, -0.25) is 14.5 Å². The van der Waals surface area contributed by atoms with Crippen LogP contribution in [0.5, 0.6) is 0 Å². The van der Waals surface area contributed by atoms with Crippen molar-refractivity contribution in [2.45, 2.75) is 26.3 Å². The maximum Gasteiger partial charge on any atom is 0.309 e. The van der Waals surface area contributed by atoms with Gasteiger partial charge in [-0.05, 0) is 20.8 Å². The Balaban J connectivity index is 2.79. The van der Waals surface area contributed by atoms with Crippen molar-refractivity contribution in [2.24, 2.45) is 5.92 Å². The predicted molar refractivity (Wildman–Crippen MR) is 55.5 cm³/mol. The number of nitrogens with one attached hydrogen (secondary N) is 1. The molecule has 5 heteroatoms. The van der Waals surface area contributed by atoms with Crippen LogP contribution in [0.1, 0.15) is 20.8 Å². The van der Waals surface area contributed by atoms with E-state index in [0.717, 1.165) is 0 Å². The Morgan fingerprint density at radius 3 is 2.60 bits per heavy atom. The van der Waals surface area contributed by atoms with E-state index in [-0.39, 0.29) is 24.5 Å². The van der Waals surface area contributed by atoms with Crippen molar-refractivity contribution >= 4 is 11.9 Å². The van der Waals surface area contributed by atoms with Crippen LogP contribution in [0, 0.1) is 5.92 Å². The summed E-state index contributed by atoms with van der Waals surface area (Å²) in [7, 11) is 0. The summed E-state index contributed by atoms with van der Waals surface area (Å²) in [6, 6.07) is 0. The van der Waals surface area contributed by atoms with Gasteiger partial charge in [0.25, 0.3) is 0 Å². The number of carbonyl (C=O) groups excluding carboxylic acids is 1. The maximum absolute atomic E-state index is 11.4. The molecule has 0 aromatic heterocycles. The zero-order valence-electron chi connectivity index (χ0n) is 9.41. The second-order valence-corrected chi connectivity index (χ2v) is 4.89. The molecule has 5 nitrogen and oxygen atoms in total. The van der Waals surface area contributed by atoms with E-state index < -0.39 is 11.9 Å². The maximum atomic E-state index is 11.4. The lowest BCUT2D eigenvalue weighted by molar-refractivity contribution is -0.142. The van der Waals surface area contributed by atoms with Gasteiger partial charge in [0.15, 0.2) is 0 Å². The molecule has 0 bridgehead atoms. The summed E-state index contributed by atoms with van der Waals surface area (Å²) in [5.74, 6) is -1.48. The number of hydrogen-bond acceptors (Lipinski definition) is 3. The minimum absolute atomic E-state index is 0.103. The van der Waals surface area contributed by atoms with E-state index in [1.165, 1.54) is 0 Å². The van der Waals surface area contributed by atoms with Gasteiger partial charge in [0.05, 0.1) is 12.5 Å². The van der Waals surface area contributed by atoms with Crippen molar-refractivity contribution in [3.8, 4) is 0 Å². The van der Waals surface area contributed by atoms with Crippen LogP contribution in [-0.4, -0.2) is 47.1 Å². The molecule has 1 aliphatic heterocycles. The van der Waals surface area contributed by atoms with Gasteiger partial charge in [0.1, 0.15) is 0 Å². The van der Waals surface area contributed by atoms with Crippen LogP contribution in [0.2, 0.25) is 0 Å². The zero-order valence-corrected chi connectivity index (χ0v) is 9.41. The third-order valence-corrected chi connectivity index (χ3v) is 2.62. The van der Waals surface area contributed by atoms with E-state index in [1.54, 1.807) is 0 Å². The smallest absolute Gasteiger partial charge is 0.309 e. The highest BCUT2D eigenvalue weighted by atomic mass is 16.4. The average molecular weight is 214 g/mol. The van der Waals surface area contributed by atoms with E-state index in [1.807, 2.05) is 25.7 Å². The summed E-state index contributed by atoms with van der Waals surface area (Å²) in [6.07, 6.45) is 0. The zero-order chi connectivity index (χ0) is 11.6. The molecular weight excluding hydrogens is 196 g/mol. The molecule has 0 aliphatic carbocycles. The second kappa shape index (κ2) is 4.18. The van der Waals surface area contributed by atoms with Crippen molar-refractivity contribution in [3.05, 3.63) is 0 Å². The molecule has 1 rings (SSSR count). The van der Waals surface area contributed by atoms with Gasteiger partial charge >= 0.3 is 5.97 Å². The van der Waals surface area contributed by atoms with Crippen molar-refractivity contribution in [3.63, 3.8) is 0 Å². The number of amides is 1. The van der Waals surface area contributed by atoms with E-state index in [4.69, 9.17) is 5.11 Å². The lowest BCUT2D eigenvalue weighted by Crippen LogP contribution is -2.46. The average Bonchev–Trinajstić information content (AvgIpc) is 2.25. The lowest BCUT2D eigenvalue weighted by atomic mass is 10.0. The minimum Gasteiger partial charge on any atom is -0.481 e. The first kappa shape index (κ1) is 12.0. The van der Waals surface area contributed by atoms with Crippen LogP contribution in [0.25, 0.3) is 0 Å². The fourth-order valence-electron chi connectivity index (χ4n) is 1.54. The van der Waals surface area contributed by atoms with Crippen molar-refractivity contribution < 1.29 is 14.7 Å². The van der Waals surface area contributed by atoms with Crippen LogP contribution in [-0.2, 0) is 9.59 Å². The fourth-order valence-corrected chi connectivity index (χ4v) is 1.54. The Morgan fingerprint density at radius 1 is 1.53 bits per heavy atom. The molecule has 15 heavy (non-hydrogen) atoms. The van der Waals surface area contributed by atoms with Crippen LogP contribution in [0.3, 0.4) is 0 Å². The summed E-state index contributed by atoms with van der Waals surface area (Å²) >= 11 is 0. The molecule has 86 valence electrons. The summed E-state index contributed by atoms with van der Waals surface area (Å²) < 4.78 is 0. The first-order valence-electron chi connectivity index (χ1n) is 5.05. The van der Waals surface area contributed by atoms with Crippen LogP contribution in [0.15, 0.2) is 0 Å². The number of carbonyl (C=O) groups is 2. The van der Waals surface area contributed by atoms with Gasteiger partial charge in [-0.1, -0.05) is 0 Å². The third-order valence-electron chi connectivity index (χ3n) is 2.62. The van der Waals surface area contributed by atoms with Crippen LogP contribution < -0.4 is 5.32 Å². The Morgan fingerprint density at radius 2 is 2.13 bits per heavy atom. The molecule has 2 N–H and O–H groups in total. The number of rotatable bonds is 1. The normalized spacial score (nSPS) is 24.5. The quantitative estimate of drug-likeness (QED) is 0.640. The van der Waals surface area contributed by atoms with Crippen molar-refractivity contribution in [2.75, 3.05) is 19.6 Å². The number of carboxylic acids is 1. The third kappa shape index (κ3) is 3.20. The first-order valence-corrected chi connectivity index (χ1v) is 5.05. The molecule has 0 radical (unpaired) electrons. The predicted octanol–water partition coefficient (Wildman–Crippen LogP) is -0.0825. The van der Waals surface area contributed by atoms with E-state index >= 15 is 0 Å². The van der Waals surface area contributed by atoms with Gasteiger partial charge in [-0.15, -0.1) is 0 Å². The van der Waals surface area contributed by atoms with E-state index in [0.29, 0.717) is 6.54 Å². The molecule has 0 aromatic carbocycles. The largest absolute Gasteiger partial charge is 0.481 e. The Kier molecular flexibility index (Phi) is 3.34. The second-order valence-electron chi connectivity index (χ2n) is 4.89. The van der Waals surface area contributed by atoms with Crippen molar-refractivity contribution in [1.82, 2.24) is 10.2 Å². The number of aliphatic carboxylic acids is 1. The molecule has 1 heterocycles. The molecule has 1 saturated heterocycles. The van der Waals surface area contributed by atoms with E-state index in [9.17, 15) is 9.59 Å². The molecular formula is C10H18N2O3. The molecule has 0 aromatic rings. The van der Waals surface area contributed by atoms with Crippen molar-refractivity contribution in [1.29, 1.82) is 0 Å².